The topological polar surface area (TPSA) is 55.2 Å². The highest BCUT2D eigenvalue weighted by Gasteiger charge is 2.18. The van der Waals surface area contributed by atoms with Crippen LogP contribution in [0.15, 0.2) is 30.6 Å². The number of rotatable bonds is 7. The summed E-state index contributed by atoms with van der Waals surface area (Å²) in [5.74, 6) is 2.03. The van der Waals surface area contributed by atoms with Gasteiger partial charge in [-0.15, -0.1) is 0 Å². The molecule has 0 saturated heterocycles. The van der Waals surface area contributed by atoms with E-state index < -0.39 is 0 Å². The van der Waals surface area contributed by atoms with Crippen LogP contribution < -0.4 is 10.1 Å². The maximum atomic E-state index is 5.72. The average molecular weight is 315 g/mol. The highest BCUT2D eigenvalue weighted by Crippen LogP contribution is 2.14. The minimum absolute atomic E-state index is 0.459. The first-order valence-corrected chi connectivity index (χ1v) is 8.17. The molecule has 1 unspecified atom stereocenters. The quantitative estimate of drug-likeness (QED) is 0.835. The number of fused-ring (bicyclic) bond motifs is 1. The van der Waals surface area contributed by atoms with Crippen LogP contribution in [0, 0.1) is 0 Å². The molecule has 6 heteroatoms. The smallest absolute Gasteiger partial charge is 0.138 e. The van der Waals surface area contributed by atoms with Crippen molar-refractivity contribution in [3.8, 4) is 5.75 Å². The number of benzene rings is 1. The van der Waals surface area contributed by atoms with E-state index >= 15 is 0 Å². The molecule has 0 bridgehead atoms. The minimum Gasteiger partial charge on any atom is -0.492 e. The SMILES string of the molecule is CN(C)CCOc1ccc(CNC2CCc3ncnn3C2)cc1. The van der Waals surface area contributed by atoms with Crippen LogP contribution in [-0.2, 0) is 19.5 Å². The van der Waals surface area contributed by atoms with Gasteiger partial charge in [0.1, 0.15) is 24.5 Å². The molecule has 2 heterocycles. The largest absolute Gasteiger partial charge is 0.492 e. The van der Waals surface area contributed by atoms with E-state index in [2.05, 4.69) is 32.4 Å². The van der Waals surface area contributed by atoms with Crippen molar-refractivity contribution in [3.63, 3.8) is 0 Å². The lowest BCUT2D eigenvalue weighted by atomic mass is 10.1. The van der Waals surface area contributed by atoms with Gasteiger partial charge in [0.05, 0.1) is 6.54 Å². The Hall–Kier alpha value is -1.92. The molecule has 0 aliphatic carbocycles. The standard InChI is InChI=1S/C17H25N5O/c1-21(2)9-10-23-16-6-3-14(4-7-16)11-18-15-5-8-17-19-13-20-22(17)12-15/h3-4,6-7,13,15,18H,5,8-12H2,1-2H3. The monoisotopic (exact) mass is 315 g/mol. The first kappa shape index (κ1) is 16.0. The third-order valence-corrected chi connectivity index (χ3v) is 4.13. The van der Waals surface area contributed by atoms with E-state index in [-0.39, 0.29) is 0 Å². The van der Waals surface area contributed by atoms with E-state index in [1.165, 1.54) is 5.56 Å². The van der Waals surface area contributed by atoms with Crippen LogP contribution in [-0.4, -0.2) is 53.0 Å². The molecule has 1 aromatic heterocycles. The highest BCUT2D eigenvalue weighted by molar-refractivity contribution is 5.27. The van der Waals surface area contributed by atoms with Crippen LogP contribution in [0.5, 0.6) is 5.75 Å². The molecule has 0 spiro atoms. The second kappa shape index (κ2) is 7.57. The number of nitrogens with zero attached hydrogens (tertiary/aromatic N) is 4. The van der Waals surface area contributed by atoms with E-state index in [1.807, 2.05) is 30.9 Å². The predicted molar refractivity (Wildman–Crippen MR) is 89.5 cm³/mol. The summed E-state index contributed by atoms with van der Waals surface area (Å²) in [7, 11) is 4.09. The first-order valence-electron chi connectivity index (χ1n) is 8.17. The third kappa shape index (κ3) is 4.53. The molecule has 0 amide bonds. The van der Waals surface area contributed by atoms with E-state index in [4.69, 9.17) is 4.74 Å². The minimum atomic E-state index is 0.459. The van der Waals surface area contributed by atoms with Crippen molar-refractivity contribution in [1.29, 1.82) is 0 Å². The van der Waals surface area contributed by atoms with Crippen molar-refractivity contribution < 1.29 is 4.74 Å². The van der Waals surface area contributed by atoms with Gasteiger partial charge in [0.25, 0.3) is 0 Å². The summed E-state index contributed by atoms with van der Waals surface area (Å²) in [6, 6.07) is 8.80. The Morgan fingerprint density at radius 2 is 2.13 bits per heavy atom. The molecule has 1 aliphatic rings. The van der Waals surface area contributed by atoms with Gasteiger partial charge in [0.2, 0.25) is 0 Å². The van der Waals surface area contributed by atoms with Gasteiger partial charge in [-0.3, -0.25) is 0 Å². The molecule has 124 valence electrons. The second-order valence-corrected chi connectivity index (χ2v) is 6.27. The highest BCUT2D eigenvalue weighted by atomic mass is 16.5. The fourth-order valence-electron chi connectivity index (χ4n) is 2.72. The number of aryl methyl sites for hydroxylation is 1. The Balaban J connectivity index is 1.44. The van der Waals surface area contributed by atoms with E-state index in [0.717, 1.165) is 44.0 Å². The lowest BCUT2D eigenvalue weighted by molar-refractivity contribution is 0.261. The fraction of sp³-hybridized carbons (Fsp3) is 0.529. The van der Waals surface area contributed by atoms with Gasteiger partial charge in [0.15, 0.2) is 0 Å². The Bertz CT molecular complexity index is 608. The van der Waals surface area contributed by atoms with E-state index in [9.17, 15) is 0 Å². The van der Waals surface area contributed by atoms with Gasteiger partial charge in [-0.2, -0.15) is 5.10 Å². The summed E-state index contributed by atoms with van der Waals surface area (Å²) in [5.41, 5.74) is 1.27. The molecule has 1 atom stereocenters. The zero-order valence-electron chi connectivity index (χ0n) is 13.9. The van der Waals surface area contributed by atoms with Crippen molar-refractivity contribution in [2.24, 2.45) is 0 Å². The molecule has 6 nitrogen and oxygen atoms in total. The van der Waals surface area contributed by atoms with E-state index in [0.29, 0.717) is 12.6 Å². The van der Waals surface area contributed by atoms with Gasteiger partial charge >= 0.3 is 0 Å². The normalized spacial score (nSPS) is 17.3. The Morgan fingerprint density at radius 1 is 1.30 bits per heavy atom. The summed E-state index contributed by atoms with van der Waals surface area (Å²) < 4.78 is 7.72. The van der Waals surface area contributed by atoms with Gasteiger partial charge in [-0.05, 0) is 38.2 Å². The molecular weight excluding hydrogens is 290 g/mol. The van der Waals surface area contributed by atoms with Crippen molar-refractivity contribution in [1.82, 2.24) is 25.0 Å². The van der Waals surface area contributed by atoms with Crippen LogP contribution in [0.3, 0.4) is 0 Å². The average Bonchev–Trinajstić information content (AvgIpc) is 3.01. The van der Waals surface area contributed by atoms with Crippen LogP contribution in [0.2, 0.25) is 0 Å². The maximum absolute atomic E-state index is 5.72. The van der Waals surface area contributed by atoms with Crippen molar-refractivity contribution >= 4 is 0 Å². The summed E-state index contributed by atoms with van der Waals surface area (Å²) in [4.78, 5) is 6.38. The molecular formula is C17H25N5O. The molecule has 1 N–H and O–H groups in total. The number of hydrogen-bond acceptors (Lipinski definition) is 5. The summed E-state index contributed by atoms with van der Waals surface area (Å²) in [6.07, 6.45) is 3.76. The fourth-order valence-corrected chi connectivity index (χ4v) is 2.72. The zero-order valence-corrected chi connectivity index (χ0v) is 13.9. The first-order chi connectivity index (χ1) is 11.2. The Kier molecular flexibility index (Phi) is 5.25. The number of nitrogens with one attached hydrogen (secondary N) is 1. The van der Waals surface area contributed by atoms with Crippen LogP contribution in [0.1, 0.15) is 17.8 Å². The molecule has 1 aliphatic heterocycles. The van der Waals surface area contributed by atoms with Gasteiger partial charge < -0.3 is 15.0 Å². The Labute approximate surface area is 137 Å². The lowest BCUT2D eigenvalue weighted by Gasteiger charge is -2.23. The number of likely N-dealkylation sites (N-methyl/N-ethyl adjacent to an activating group) is 1. The van der Waals surface area contributed by atoms with Crippen molar-refractivity contribution in [2.45, 2.75) is 32.0 Å². The van der Waals surface area contributed by atoms with Crippen molar-refractivity contribution in [2.75, 3.05) is 27.2 Å². The van der Waals surface area contributed by atoms with Gasteiger partial charge in [-0.25, -0.2) is 9.67 Å². The molecule has 3 rings (SSSR count). The second-order valence-electron chi connectivity index (χ2n) is 6.27. The van der Waals surface area contributed by atoms with Crippen LogP contribution >= 0.6 is 0 Å². The number of aromatic nitrogens is 3. The number of hydrogen-bond donors (Lipinski definition) is 1. The molecule has 0 saturated carbocycles. The van der Waals surface area contributed by atoms with Crippen LogP contribution in [0.4, 0.5) is 0 Å². The summed E-state index contributed by atoms with van der Waals surface area (Å²) >= 11 is 0. The Morgan fingerprint density at radius 3 is 2.91 bits per heavy atom. The number of ether oxygens (including phenoxy) is 1. The summed E-state index contributed by atoms with van der Waals surface area (Å²) in [6.45, 7) is 3.41. The molecule has 2 aromatic rings. The lowest BCUT2D eigenvalue weighted by Crippen LogP contribution is -2.37. The molecule has 23 heavy (non-hydrogen) atoms. The van der Waals surface area contributed by atoms with E-state index in [1.54, 1.807) is 6.33 Å². The van der Waals surface area contributed by atoms with Crippen LogP contribution in [0.25, 0.3) is 0 Å². The van der Waals surface area contributed by atoms with Gasteiger partial charge in [0, 0.05) is 25.6 Å². The van der Waals surface area contributed by atoms with Gasteiger partial charge in [-0.1, -0.05) is 12.1 Å². The molecule has 1 aromatic carbocycles. The zero-order chi connectivity index (χ0) is 16.1. The third-order valence-electron chi connectivity index (χ3n) is 4.13. The molecule has 0 fully saturated rings. The maximum Gasteiger partial charge on any atom is 0.138 e. The molecule has 0 radical (unpaired) electrons. The summed E-state index contributed by atoms with van der Waals surface area (Å²) in [5, 5.41) is 7.87. The predicted octanol–water partition coefficient (Wildman–Crippen LogP) is 1.32. The van der Waals surface area contributed by atoms with Crippen molar-refractivity contribution in [3.05, 3.63) is 42.0 Å².